The topological polar surface area (TPSA) is 46.3 Å². The highest BCUT2D eigenvalue weighted by molar-refractivity contribution is 6.30. The normalized spacial score (nSPS) is 23.4. The Bertz CT molecular complexity index is 483. The van der Waals surface area contributed by atoms with E-state index < -0.39 is 0 Å². The quantitative estimate of drug-likeness (QED) is 0.864. The molecule has 4 heteroatoms. The molecule has 0 spiro atoms. The van der Waals surface area contributed by atoms with Crippen molar-refractivity contribution in [2.45, 2.75) is 25.4 Å². The van der Waals surface area contributed by atoms with E-state index in [-0.39, 0.29) is 23.9 Å². The lowest BCUT2D eigenvalue weighted by molar-refractivity contribution is -0.134. The number of hydrogen-bond acceptors (Lipinski definition) is 2. The molecule has 3 unspecified atom stereocenters. The highest BCUT2D eigenvalue weighted by Gasteiger charge is 2.27. The van der Waals surface area contributed by atoms with Crippen molar-refractivity contribution in [2.24, 2.45) is 11.7 Å². The molecule has 0 radical (unpaired) electrons. The Labute approximate surface area is 119 Å². The van der Waals surface area contributed by atoms with Crippen molar-refractivity contribution in [3.63, 3.8) is 0 Å². The second-order valence-electron chi connectivity index (χ2n) is 5.07. The lowest BCUT2D eigenvalue weighted by Gasteiger charge is -2.27. The van der Waals surface area contributed by atoms with Gasteiger partial charge in [0.05, 0.1) is 12.0 Å². The molecule has 0 bridgehead atoms. The van der Waals surface area contributed by atoms with E-state index in [0.717, 1.165) is 5.56 Å². The third-order valence-electron chi connectivity index (χ3n) is 3.71. The Morgan fingerprint density at radius 3 is 2.53 bits per heavy atom. The summed E-state index contributed by atoms with van der Waals surface area (Å²) in [5.41, 5.74) is 6.87. The van der Waals surface area contributed by atoms with E-state index in [0.29, 0.717) is 11.4 Å². The average Bonchev–Trinajstić information content (AvgIpc) is 2.84. The zero-order valence-corrected chi connectivity index (χ0v) is 12.0. The monoisotopic (exact) mass is 278 g/mol. The first-order valence-electron chi connectivity index (χ1n) is 6.45. The van der Waals surface area contributed by atoms with E-state index >= 15 is 0 Å². The zero-order valence-electron chi connectivity index (χ0n) is 11.2. The molecule has 2 N–H and O–H groups in total. The van der Waals surface area contributed by atoms with Gasteiger partial charge >= 0.3 is 0 Å². The molecule has 2 rings (SSSR count). The fourth-order valence-electron chi connectivity index (χ4n) is 2.33. The number of benzene rings is 1. The number of amides is 1. The molecule has 0 fully saturated rings. The highest BCUT2D eigenvalue weighted by atomic mass is 35.5. The molecule has 1 aromatic rings. The molecule has 1 aliphatic carbocycles. The van der Waals surface area contributed by atoms with Crippen LogP contribution in [-0.2, 0) is 4.79 Å². The van der Waals surface area contributed by atoms with E-state index in [4.69, 9.17) is 17.3 Å². The van der Waals surface area contributed by atoms with Gasteiger partial charge in [0.2, 0.25) is 5.91 Å². The van der Waals surface area contributed by atoms with Gasteiger partial charge in [-0.05, 0) is 31.0 Å². The van der Waals surface area contributed by atoms with Gasteiger partial charge in [-0.1, -0.05) is 35.9 Å². The number of hydrogen-bond donors (Lipinski definition) is 1. The number of nitrogens with two attached hydrogens (primary N) is 1. The van der Waals surface area contributed by atoms with Crippen molar-refractivity contribution in [1.82, 2.24) is 4.90 Å². The maximum atomic E-state index is 12.4. The second kappa shape index (κ2) is 5.76. The summed E-state index contributed by atoms with van der Waals surface area (Å²) in [7, 11) is 1.83. The molecule has 0 aliphatic heterocycles. The molecule has 0 aromatic heterocycles. The summed E-state index contributed by atoms with van der Waals surface area (Å²) in [5.74, 6) is 0.0291. The Hall–Kier alpha value is -1.32. The fraction of sp³-hybridized carbons (Fsp3) is 0.400. The first-order chi connectivity index (χ1) is 8.99. The third kappa shape index (κ3) is 3.17. The van der Waals surface area contributed by atoms with Gasteiger partial charge in [-0.25, -0.2) is 0 Å². The predicted octanol–water partition coefficient (Wildman–Crippen LogP) is 2.76. The lowest BCUT2D eigenvalue weighted by Crippen LogP contribution is -2.34. The number of nitrogens with zero attached hydrogens (tertiary/aromatic N) is 1. The Kier molecular flexibility index (Phi) is 4.27. The van der Waals surface area contributed by atoms with Crippen LogP contribution in [0.5, 0.6) is 0 Å². The van der Waals surface area contributed by atoms with Gasteiger partial charge < -0.3 is 10.6 Å². The zero-order chi connectivity index (χ0) is 14.0. The third-order valence-corrected chi connectivity index (χ3v) is 3.97. The Balaban J connectivity index is 2.06. The molecule has 1 amide bonds. The van der Waals surface area contributed by atoms with Crippen LogP contribution in [0.4, 0.5) is 0 Å². The van der Waals surface area contributed by atoms with Crippen LogP contribution in [-0.4, -0.2) is 23.9 Å². The van der Waals surface area contributed by atoms with Crippen molar-refractivity contribution in [3.05, 3.63) is 47.0 Å². The van der Waals surface area contributed by atoms with Crippen LogP contribution in [0.3, 0.4) is 0 Å². The Morgan fingerprint density at radius 1 is 1.37 bits per heavy atom. The van der Waals surface area contributed by atoms with Crippen LogP contribution in [0.15, 0.2) is 36.4 Å². The SMILES string of the molecule is CC(c1ccc(Cl)cc1)N(C)C(=O)C1C=CC(N)C1. The minimum atomic E-state index is -0.0882. The first kappa shape index (κ1) is 14.1. The van der Waals surface area contributed by atoms with Crippen LogP contribution in [0, 0.1) is 5.92 Å². The van der Waals surface area contributed by atoms with Crippen molar-refractivity contribution in [2.75, 3.05) is 7.05 Å². The summed E-state index contributed by atoms with van der Waals surface area (Å²) in [5, 5.41) is 0.703. The average molecular weight is 279 g/mol. The summed E-state index contributed by atoms with van der Waals surface area (Å²) in [6, 6.07) is 7.62. The van der Waals surface area contributed by atoms with E-state index in [1.54, 1.807) is 4.90 Å². The summed E-state index contributed by atoms with van der Waals surface area (Å²) in [6.45, 7) is 2.01. The number of halogens is 1. The standard InChI is InChI=1S/C15H19ClN2O/c1-10(11-3-6-13(16)7-4-11)18(2)15(19)12-5-8-14(17)9-12/h3-8,10,12,14H,9,17H2,1-2H3. The van der Waals surface area contributed by atoms with Gasteiger partial charge in [-0.15, -0.1) is 0 Å². The van der Waals surface area contributed by atoms with Crippen molar-refractivity contribution in [3.8, 4) is 0 Å². The fourth-order valence-corrected chi connectivity index (χ4v) is 2.45. The minimum absolute atomic E-state index is 0.00758. The molecule has 3 atom stereocenters. The first-order valence-corrected chi connectivity index (χ1v) is 6.83. The summed E-state index contributed by atoms with van der Waals surface area (Å²) >= 11 is 5.87. The molecule has 1 aliphatic rings. The van der Waals surface area contributed by atoms with E-state index in [1.807, 2.05) is 50.4 Å². The van der Waals surface area contributed by atoms with Crippen LogP contribution in [0.25, 0.3) is 0 Å². The van der Waals surface area contributed by atoms with Crippen molar-refractivity contribution >= 4 is 17.5 Å². The van der Waals surface area contributed by atoms with E-state index in [9.17, 15) is 4.79 Å². The maximum Gasteiger partial charge on any atom is 0.229 e. The van der Waals surface area contributed by atoms with Crippen molar-refractivity contribution in [1.29, 1.82) is 0 Å². The smallest absolute Gasteiger partial charge is 0.229 e. The lowest BCUT2D eigenvalue weighted by atomic mass is 10.0. The number of carbonyl (C=O) groups excluding carboxylic acids is 1. The minimum Gasteiger partial charge on any atom is -0.338 e. The van der Waals surface area contributed by atoms with Gasteiger partial charge in [-0.3, -0.25) is 4.79 Å². The molecule has 0 saturated carbocycles. The largest absolute Gasteiger partial charge is 0.338 e. The van der Waals surface area contributed by atoms with Crippen molar-refractivity contribution < 1.29 is 4.79 Å². The van der Waals surface area contributed by atoms with Gasteiger partial charge in [0.15, 0.2) is 0 Å². The van der Waals surface area contributed by atoms with Gasteiger partial charge in [0.1, 0.15) is 0 Å². The summed E-state index contributed by atoms with van der Waals surface area (Å²) < 4.78 is 0. The molecule has 19 heavy (non-hydrogen) atoms. The predicted molar refractivity (Wildman–Crippen MR) is 77.9 cm³/mol. The highest BCUT2D eigenvalue weighted by Crippen LogP contribution is 2.25. The molecule has 0 heterocycles. The molecular formula is C15H19ClN2O. The molecule has 1 aromatic carbocycles. The Morgan fingerprint density at radius 2 is 2.00 bits per heavy atom. The summed E-state index contributed by atoms with van der Waals surface area (Å²) in [4.78, 5) is 14.1. The van der Waals surface area contributed by atoms with Crippen LogP contribution >= 0.6 is 11.6 Å². The number of rotatable bonds is 3. The second-order valence-corrected chi connectivity index (χ2v) is 5.50. The van der Waals surface area contributed by atoms with Gasteiger partial charge in [0.25, 0.3) is 0 Å². The van der Waals surface area contributed by atoms with Gasteiger partial charge in [-0.2, -0.15) is 0 Å². The van der Waals surface area contributed by atoms with E-state index in [1.165, 1.54) is 0 Å². The molecule has 0 saturated heterocycles. The molecule has 102 valence electrons. The van der Waals surface area contributed by atoms with Crippen LogP contribution < -0.4 is 5.73 Å². The van der Waals surface area contributed by atoms with Gasteiger partial charge in [0, 0.05) is 18.1 Å². The summed E-state index contributed by atoms with van der Waals surface area (Å²) in [6.07, 6.45) is 4.53. The van der Waals surface area contributed by atoms with E-state index in [2.05, 4.69) is 0 Å². The molecule has 3 nitrogen and oxygen atoms in total. The maximum absolute atomic E-state index is 12.4. The molecular weight excluding hydrogens is 260 g/mol. The number of carbonyl (C=O) groups is 1. The van der Waals surface area contributed by atoms with Crippen LogP contribution in [0.2, 0.25) is 5.02 Å². The van der Waals surface area contributed by atoms with Crippen LogP contribution in [0.1, 0.15) is 24.9 Å².